The van der Waals surface area contributed by atoms with Gasteiger partial charge >= 0.3 is 0 Å². The third-order valence-electron chi connectivity index (χ3n) is 4.05. The standard InChI is InChI=1S/C15H21ClN2O2/c1-12(11-16)17-5-7-18(8-6-17)13-3-2-4-14-15(13)20-10-9-19-14/h2-4,12H,5-11H2,1H3. The lowest BCUT2D eigenvalue weighted by molar-refractivity contribution is 0.170. The molecule has 0 aromatic heterocycles. The number of benzene rings is 1. The van der Waals surface area contributed by atoms with Crippen molar-refractivity contribution in [3.05, 3.63) is 18.2 Å². The molecular formula is C15H21ClN2O2. The Morgan fingerprint density at radius 3 is 2.65 bits per heavy atom. The topological polar surface area (TPSA) is 24.9 Å². The highest BCUT2D eigenvalue weighted by Crippen LogP contribution is 2.39. The maximum atomic E-state index is 5.94. The van der Waals surface area contributed by atoms with Gasteiger partial charge in [0, 0.05) is 38.1 Å². The Morgan fingerprint density at radius 1 is 1.15 bits per heavy atom. The first kappa shape index (κ1) is 13.8. The van der Waals surface area contributed by atoms with Crippen molar-refractivity contribution in [2.24, 2.45) is 0 Å². The van der Waals surface area contributed by atoms with Gasteiger partial charge in [-0.2, -0.15) is 0 Å². The maximum Gasteiger partial charge on any atom is 0.184 e. The molecule has 1 unspecified atom stereocenters. The van der Waals surface area contributed by atoms with E-state index < -0.39 is 0 Å². The first-order valence-corrected chi connectivity index (χ1v) is 7.76. The van der Waals surface area contributed by atoms with Gasteiger partial charge in [-0.3, -0.25) is 4.90 Å². The molecule has 1 atom stereocenters. The summed E-state index contributed by atoms with van der Waals surface area (Å²) in [6, 6.07) is 6.58. The lowest BCUT2D eigenvalue weighted by Gasteiger charge is -2.39. The van der Waals surface area contributed by atoms with Crippen LogP contribution in [0.4, 0.5) is 5.69 Å². The average molecular weight is 297 g/mol. The zero-order valence-corrected chi connectivity index (χ0v) is 12.6. The largest absolute Gasteiger partial charge is 0.486 e. The number of fused-ring (bicyclic) bond motifs is 1. The number of nitrogens with zero attached hydrogens (tertiary/aromatic N) is 2. The summed E-state index contributed by atoms with van der Waals surface area (Å²) in [7, 11) is 0. The SMILES string of the molecule is CC(CCl)N1CCN(c2cccc3c2OCCO3)CC1. The van der Waals surface area contributed by atoms with E-state index in [0.29, 0.717) is 25.1 Å². The van der Waals surface area contributed by atoms with Gasteiger partial charge < -0.3 is 14.4 Å². The molecule has 5 heteroatoms. The van der Waals surface area contributed by atoms with Crippen molar-refractivity contribution in [3.8, 4) is 11.5 Å². The Balaban J connectivity index is 1.72. The molecule has 1 aromatic carbocycles. The second-order valence-electron chi connectivity index (χ2n) is 5.33. The summed E-state index contributed by atoms with van der Waals surface area (Å²) in [5.74, 6) is 2.46. The fraction of sp³-hybridized carbons (Fsp3) is 0.600. The molecular weight excluding hydrogens is 276 g/mol. The fourth-order valence-electron chi connectivity index (χ4n) is 2.81. The highest BCUT2D eigenvalue weighted by atomic mass is 35.5. The van der Waals surface area contributed by atoms with Crippen molar-refractivity contribution in [1.82, 2.24) is 4.90 Å². The lowest BCUT2D eigenvalue weighted by Crippen LogP contribution is -2.50. The summed E-state index contributed by atoms with van der Waals surface area (Å²) in [5, 5.41) is 0. The molecule has 0 amide bonds. The van der Waals surface area contributed by atoms with Gasteiger partial charge in [0.15, 0.2) is 11.5 Å². The Hall–Kier alpha value is -1.13. The van der Waals surface area contributed by atoms with Crippen LogP contribution in [0.3, 0.4) is 0 Å². The van der Waals surface area contributed by atoms with Gasteiger partial charge in [0.05, 0.1) is 5.69 Å². The van der Waals surface area contributed by atoms with Crippen molar-refractivity contribution in [1.29, 1.82) is 0 Å². The van der Waals surface area contributed by atoms with Gasteiger partial charge in [-0.25, -0.2) is 0 Å². The zero-order chi connectivity index (χ0) is 13.9. The van der Waals surface area contributed by atoms with Gasteiger partial charge in [-0.15, -0.1) is 11.6 Å². The van der Waals surface area contributed by atoms with E-state index in [-0.39, 0.29) is 0 Å². The summed E-state index contributed by atoms with van der Waals surface area (Å²) in [6.07, 6.45) is 0. The van der Waals surface area contributed by atoms with Crippen LogP contribution in [0.2, 0.25) is 0 Å². The number of hydrogen-bond donors (Lipinski definition) is 0. The zero-order valence-electron chi connectivity index (χ0n) is 11.8. The lowest BCUT2D eigenvalue weighted by atomic mass is 10.2. The van der Waals surface area contributed by atoms with Crippen LogP contribution in [0.1, 0.15) is 6.92 Å². The Labute approximate surface area is 125 Å². The first-order valence-electron chi connectivity index (χ1n) is 7.23. The first-order chi connectivity index (χ1) is 9.79. The van der Waals surface area contributed by atoms with Gasteiger partial charge in [-0.05, 0) is 19.1 Å². The van der Waals surface area contributed by atoms with E-state index in [0.717, 1.165) is 43.4 Å². The Morgan fingerprint density at radius 2 is 1.90 bits per heavy atom. The van der Waals surface area contributed by atoms with Crippen LogP contribution in [0.5, 0.6) is 11.5 Å². The summed E-state index contributed by atoms with van der Waals surface area (Å²) >= 11 is 5.94. The molecule has 0 saturated carbocycles. The molecule has 2 aliphatic heterocycles. The average Bonchev–Trinajstić information content (AvgIpc) is 2.54. The van der Waals surface area contributed by atoms with Crippen LogP contribution in [0.15, 0.2) is 18.2 Å². The number of hydrogen-bond acceptors (Lipinski definition) is 4. The van der Waals surface area contributed by atoms with E-state index in [4.69, 9.17) is 21.1 Å². The summed E-state index contributed by atoms with van der Waals surface area (Å²) in [5.41, 5.74) is 1.15. The molecule has 2 aliphatic rings. The molecule has 110 valence electrons. The van der Waals surface area contributed by atoms with Crippen molar-refractivity contribution >= 4 is 17.3 Å². The molecule has 1 saturated heterocycles. The third-order valence-corrected chi connectivity index (χ3v) is 4.49. The van der Waals surface area contributed by atoms with Crippen LogP contribution in [-0.2, 0) is 0 Å². The minimum Gasteiger partial charge on any atom is -0.486 e. The van der Waals surface area contributed by atoms with E-state index >= 15 is 0 Å². The smallest absolute Gasteiger partial charge is 0.184 e. The van der Waals surface area contributed by atoms with E-state index in [9.17, 15) is 0 Å². The summed E-state index contributed by atoms with van der Waals surface area (Å²) in [4.78, 5) is 4.82. The highest BCUT2D eigenvalue weighted by Gasteiger charge is 2.25. The van der Waals surface area contributed by atoms with Crippen LogP contribution in [0, 0.1) is 0 Å². The Kier molecular flexibility index (Phi) is 4.22. The highest BCUT2D eigenvalue weighted by molar-refractivity contribution is 6.18. The molecule has 2 heterocycles. The van der Waals surface area contributed by atoms with E-state index in [2.05, 4.69) is 22.8 Å². The predicted octanol–water partition coefficient (Wildman–Crippen LogP) is 2.21. The molecule has 1 aromatic rings. The number of ether oxygens (including phenoxy) is 2. The van der Waals surface area contributed by atoms with Crippen molar-refractivity contribution in [2.75, 3.05) is 50.2 Å². The Bertz CT molecular complexity index is 461. The normalized spacial score (nSPS) is 20.8. The van der Waals surface area contributed by atoms with Crippen LogP contribution >= 0.6 is 11.6 Å². The molecule has 0 N–H and O–H groups in total. The molecule has 0 aliphatic carbocycles. The number of alkyl halides is 1. The number of halogens is 1. The second-order valence-corrected chi connectivity index (χ2v) is 5.64. The minimum absolute atomic E-state index is 0.447. The van der Waals surface area contributed by atoms with Gasteiger partial charge in [0.2, 0.25) is 0 Å². The molecule has 4 nitrogen and oxygen atoms in total. The predicted molar refractivity (Wildman–Crippen MR) is 81.4 cm³/mol. The quantitative estimate of drug-likeness (QED) is 0.799. The second kappa shape index (κ2) is 6.10. The molecule has 20 heavy (non-hydrogen) atoms. The van der Waals surface area contributed by atoms with Crippen molar-refractivity contribution in [2.45, 2.75) is 13.0 Å². The van der Waals surface area contributed by atoms with E-state index in [1.165, 1.54) is 0 Å². The monoisotopic (exact) mass is 296 g/mol. The molecule has 0 bridgehead atoms. The number of para-hydroxylation sites is 1. The summed E-state index contributed by atoms with van der Waals surface area (Å²) in [6.45, 7) is 7.54. The van der Waals surface area contributed by atoms with Gasteiger partial charge in [0.1, 0.15) is 13.2 Å². The molecule has 0 radical (unpaired) electrons. The third kappa shape index (κ3) is 2.67. The summed E-state index contributed by atoms with van der Waals surface area (Å²) < 4.78 is 11.5. The molecule has 3 rings (SSSR count). The van der Waals surface area contributed by atoms with Gasteiger partial charge in [0.25, 0.3) is 0 Å². The van der Waals surface area contributed by atoms with Gasteiger partial charge in [-0.1, -0.05) is 6.07 Å². The molecule has 1 fully saturated rings. The number of anilines is 1. The fourth-order valence-corrected chi connectivity index (χ4v) is 3.00. The minimum atomic E-state index is 0.447. The van der Waals surface area contributed by atoms with Crippen LogP contribution in [0.25, 0.3) is 0 Å². The van der Waals surface area contributed by atoms with Crippen molar-refractivity contribution in [3.63, 3.8) is 0 Å². The van der Waals surface area contributed by atoms with Crippen LogP contribution < -0.4 is 14.4 Å². The van der Waals surface area contributed by atoms with Crippen LogP contribution in [-0.4, -0.2) is 56.2 Å². The maximum absolute atomic E-state index is 5.94. The number of piperazine rings is 1. The van der Waals surface area contributed by atoms with E-state index in [1.807, 2.05) is 12.1 Å². The van der Waals surface area contributed by atoms with E-state index in [1.54, 1.807) is 0 Å². The van der Waals surface area contributed by atoms with Crippen molar-refractivity contribution < 1.29 is 9.47 Å². The number of rotatable bonds is 3. The molecule has 0 spiro atoms.